The molecule has 1 N–H and O–H groups in total. The Morgan fingerprint density at radius 1 is 1.24 bits per heavy atom. The summed E-state index contributed by atoms with van der Waals surface area (Å²) in [6.07, 6.45) is 3.02. The second-order valence-corrected chi connectivity index (χ2v) is 5.59. The zero-order valence-electron chi connectivity index (χ0n) is 11.5. The number of hydrogen-bond acceptors (Lipinski definition) is 4. The molecule has 0 saturated heterocycles. The highest BCUT2D eigenvalue weighted by Gasteiger charge is 2.30. The van der Waals surface area contributed by atoms with Crippen LogP contribution in [0.4, 0.5) is 0 Å². The van der Waals surface area contributed by atoms with Crippen molar-refractivity contribution < 1.29 is 14.1 Å². The van der Waals surface area contributed by atoms with Crippen molar-refractivity contribution in [2.24, 2.45) is 0 Å². The van der Waals surface area contributed by atoms with Crippen molar-refractivity contribution in [1.82, 2.24) is 10.5 Å². The van der Waals surface area contributed by atoms with E-state index in [1.165, 1.54) is 0 Å². The lowest BCUT2D eigenvalue weighted by Gasteiger charge is -2.26. The molecule has 1 saturated carbocycles. The van der Waals surface area contributed by atoms with Gasteiger partial charge in [-0.1, -0.05) is 23.4 Å². The van der Waals surface area contributed by atoms with Crippen LogP contribution in [0.15, 0.2) is 34.9 Å². The van der Waals surface area contributed by atoms with E-state index in [4.69, 9.17) is 9.26 Å². The summed E-state index contributed by atoms with van der Waals surface area (Å²) < 4.78 is 10.8. The van der Waals surface area contributed by atoms with Gasteiger partial charge in [0.1, 0.15) is 11.5 Å². The topological polar surface area (TPSA) is 64.4 Å². The predicted molar refractivity (Wildman–Crippen MR) is 75.2 cm³/mol. The summed E-state index contributed by atoms with van der Waals surface area (Å²) in [5.41, 5.74) is 1.38. The van der Waals surface area contributed by atoms with E-state index in [1.807, 2.05) is 24.3 Å². The van der Waals surface area contributed by atoms with Crippen molar-refractivity contribution in [3.05, 3.63) is 47.3 Å². The number of carbonyl (C=O) groups excluding carboxylic acids is 1. The minimum atomic E-state index is -0.188. The van der Waals surface area contributed by atoms with Crippen LogP contribution in [0, 0.1) is 0 Å². The summed E-state index contributed by atoms with van der Waals surface area (Å²) in [5, 5.41) is 6.90. The Morgan fingerprint density at radius 2 is 2.10 bits per heavy atom. The van der Waals surface area contributed by atoms with E-state index < -0.39 is 0 Å². The third kappa shape index (κ3) is 2.39. The first-order valence-electron chi connectivity index (χ1n) is 7.30. The van der Waals surface area contributed by atoms with Gasteiger partial charge >= 0.3 is 0 Å². The molecule has 0 radical (unpaired) electrons. The van der Waals surface area contributed by atoms with Crippen molar-refractivity contribution >= 4 is 5.91 Å². The fourth-order valence-corrected chi connectivity index (χ4v) is 2.68. The molecule has 1 aromatic carbocycles. The van der Waals surface area contributed by atoms with Gasteiger partial charge in [-0.25, -0.2) is 0 Å². The average Bonchev–Trinajstić information content (AvgIpc) is 3.25. The molecule has 108 valence electrons. The zero-order valence-corrected chi connectivity index (χ0v) is 11.5. The number of aromatic nitrogens is 1. The van der Waals surface area contributed by atoms with Crippen LogP contribution >= 0.6 is 0 Å². The molecule has 0 bridgehead atoms. The molecule has 0 unspecified atom stereocenters. The van der Waals surface area contributed by atoms with E-state index >= 15 is 0 Å². The number of amides is 1. The second-order valence-electron chi connectivity index (χ2n) is 5.59. The highest BCUT2D eigenvalue weighted by Crippen LogP contribution is 2.40. The molecule has 2 aromatic rings. The van der Waals surface area contributed by atoms with E-state index in [0.29, 0.717) is 18.2 Å². The van der Waals surface area contributed by atoms with Gasteiger partial charge in [-0.15, -0.1) is 0 Å². The smallest absolute Gasteiger partial charge is 0.273 e. The number of fused-ring (bicyclic) bond motifs is 1. The van der Waals surface area contributed by atoms with Gasteiger partial charge in [0.25, 0.3) is 5.91 Å². The lowest BCUT2D eigenvalue weighted by molar-refractivity contribution is 0.0915. The maximum Gasteiger partial charge on any atom is 0.273 e. The summed E-state index contributed by atoms with van der Waals surface area (Å²) in [4.78, 5) is 12.3. The van der Waals surface area contributed by atoms with Crippen LogP contribution in [0.25, 0.3) is 0 Å². The van der Waals surface area contributed by atoms with Gasteiger partial charge in [0.15, 0.2) is 5.69 Å². The summed E-state index contributed by atoms with van der Waals surface area (Å²) in [6, 6.07) is 9.52. The van der Waals surface area contributed by atoms with Gasteiger partial charge in [-0.3, -0.25) is 4.79 Å². The Kier molecular flexibility index (Phi) is 2.91. The van der Waals surface area contributed by atoms with Crippen LogP contribution in [0.3, 0.4) is 0 Å². The number of rotatable bonds is 3. The maximum atomic E-state index is 12.3. The van der Waals surface area contributed by atoms with Crippen molar-refractivity contribution in [2.75, 3.05) is 6.61 Å². The molecule has 5 heteroatoms. The third-order valence-electron chi connectivity index (χ3n) is 4.00. The lowest BCUT2D eigenvalue weighted by Crippen LogP contribution is -2.32. The van der Waals surface area contributed by atoms with Gasteiger partial charge < -0.3 is 14.6 Å². The predicted octanol–water partition coefficient (Wildman–Crippen LogP) is 2.81. The monoisotopic (exact) mass is 284 g/mol. The highest BCUT2D eigenvalue weighted by molar-refractivity contribution is 5.92. The number of ether oxygens (including phenoxy) is 1. The molecule has 1 amide bonds. The molecule has 1 atom stereocenters. The Labute approximate surface area is 122 Å². The number of nitrogens with zero attached hydrogens (tertiary/aromatic N) is 1. The maximum absolute atomic E-state index is 12.3. The molecule has 1 aromatic heterocycles. The van der Waals surface area contributed by atoms with Crippen LogP contribution in [0.2, 0.25) is 0 Å². The fraction of sp³-hybridized carbons (Fsp3) is 0.375. The molecular formula is C16H16N2O3. The largest absolute Gasteiger partial charge is 0.493 e. The summed E-state index contributed by atoms with van der Waals surface area (Å²) in [6.45, 7) is 0.605. The van der Waals surface area contributed by atoms with Crippen molar-refractivity contribution in [3.8, 4) is 5.75 Å². The van der Waals surface area contributed by atoms with E-state index in [1.54, 1.807) is 6.07 Å². The molecule has 2 aliphatic rings. The molecule has 5 nitrogen and oxygen atoms in total. The minimum Gasteiger partial charge on any atom is -0.493 e. The van der Waals surface area contributed by atoms with Crippen molar-refractivity contribution in [2.45, 2.75) is 31.2 Å². The highest BCUT2D eigenvalue weighted by atomic mass is 16.5. The molecule has 0 spiro atoms. The lowest BCUT2D eigenvalue weighted by atomic mass is 10.0. The van der Waals surface area contributed by atoms with Crippen molar-refractivity contribution in [3.63, 3.8) is 0 Å². The zero-order chi connectivity index (χ0) is 14.2. The van der Waals surface area contributed by atoms with Gasteiger partial charge in [0, 0.05) is 24.0 Å². The Morgan fingerprint density at radius 3 is 2.95 bits per heavy atom. The molecule has 1 fully saturated rings. The Hall–Kier alpha value is -2.30. The van der Waals surface area contributed by atoms with Gasteiger partial charge in [0.05, 0.1) is 12.6 Å². The molecular weight excluding hydrogens is 268 g/mol. The molecule has 4 rings (SSSR count). The van der Waals surface area contributed by atoms with Gasteiger partial charge in [-0.05, 0) is 18.9 Å². The van der Waals surface area contributed by atoms with Gasteiger partial charge in [-0.2, -0.15) is 0 Å². The van der Waals surface area contributed by atoms with Gasteiger partial charge in [0.2, 0.25) is 0 Å². The number of benzene rings is 1. The first-order valence-corrected chi connectivity index (χ1v) is 7.30. The van der Waals surface area contributed by atoms with E-state index in [9.17, 15) is 4.79 Å². The molecule has 21 heavy (non-hydrogen) atoms. The minimum absolute atomic E-state index is 0.0384. The van der Waals surface area contributed by atoms with Crippen molar-refractivity contribution in [1.29, 1.82) is 0 Å². The van der Waals surface area contributed by atoms with Crippen LogP contribution < -0.4 is 10.1 Å². The summed E-state index contributed by atoms with van der Waals surface area (Å²) in [7, 11) is 0. The SMILES string of the molecule is O=C(N[C@H]1CCOc2ccccc21)c1cc(C2CC2)on1. The van der Waals surface area contributed by atoms with E-state index in [0.717, 1.165) is 36.3 Å². The Bertz CT molecular complexity index is 676. The first-order chi connectivity index (χ1) is 10.3. The summed E-state index contributed by atoms with van der Waals surface area (Å²) in [5.74, 6) is 1.94. The average molecular weight is 284 g/mol. The van der Waals surface area contributed by atoms with Crippen LogP contribution in [0.5, 0.6) is 5.75 Å². The fourth-order valence-electron chi connectivity index (χ4n) is 2.68. The second kappa shape index (κ2) is 4.91. The number of nitrogens with one attached hydrogen (secondary N) is 1. The van der Waals surface area contributed by atoms with Crippen LogP contribution in [0.1, 0.15) is 53.0 Å². The van der Waals surface area contributed by atoms with Crippen LogP contribution in [-0.4, -0.2) is 17.7 Å². The van der Waals surface area contributed by atoms with E-state index in [2.05, 4.69) is 10.5 Å². The summed E-state index contributed by atoms with van der Waals surface area (Å²) >= 11 is 0. The van der Waals surface area contributed by atoms with Crippen LogP contribution in [-0.2, 0) is 0 Å². The standard InChI is InChI=1S/C16H16N2O3/c19-16(13-9-15(21-18-13)10-5-6-10)17-12-7-8-20-14-4-2-1-3-11(12)14/h1-4,9-10,12H,5-8H2,(H,17,19)/t12-/m0/s1. The first kappa shape index (κ1) is 12.4. The normalized spacial score (nSPS) is 20.5. The molecule has 2 heterocycles. The number of hydrogen-bond donors (Lipinski definition) is 1. The number of carbonyl (C=O) groups is 1. The third-order valence-corrected chi connectivity index (χ3v) is 4.00. The quantitative estimate of drug-likeness (QED) is 0.941. The molecule has 1 aliphatic heterocycles. The van der Waals surface area contributed by atoms with E-state index in [-0.39, 0.29) is 11.9 Å². The Balaban J connectivity index is 1.51. The molecule has 1 aliphatic carbocycles. The number of para-hydroxylation sites is 1.